The molecule has 1 heterocycles. The fourth-order valence-electron chi connectivity index (χ4n) is 2.57. The van der Waals surface area contributed by atoms with E-state index >= 15 is 0 Å². The Hall–Kier alpha value is -2.05. The lowest BCUT2D eigenvalue weighted by Gasteiger charge is -2.13. The minimum atomic E-state index is 0.596. The van der Waals surface area contributed by atoms with Crippen molar-refractivity contribution in [2.24, 2.45) is 0 Å². The third-order valence-electron chi connectivity index (χ3n) is 3.64. The van der Waals surface area contributed by atoms with Crippen molar-refractivity contribution < 1.29 is 9.47 Å². The summed E-state index contributed by atoms with van der Waals surface area (Å²) in [5.41, 5.74) is 3.15. The molecule has 5 nitrogen and oxygen atoms in total. The summed E-state index contributed by atoms with van der Waals surface area (Å²) in [6, 6.07) is 12.1. The van der Waals surface area contributed by atoms with E-state index in [1.165, 1.54) is 0 Å². The van der Waals surface area contributed by atoms with Gasteiger partial charge >= 0.3 is 0 Å². The number of imidazole rings is 1. The van der Waals surface area contributed by atoms with E-state index < -0.39 is 0 Å². The Balaban J connectivity index is 1.66. The molecule has 0 radical (unpaired) electrons. The van der Waals surface area contributed by atoms with Crippen LogP contribution < -0.4 is 14.8 Å². The van der Waals surface area contributed by atoms with E-state index in [0.717, 1.165) is 38.4 Å². The summed E-state index contributed by atoms with van der Waals surface area (Å²) < 4.78 is 11.9. The minimum Gasteiger partial charge on any atom is -0.493 e. The summed E-state index contributed by atoms with van der Waals surface area (Å²) in [7, 11) is 1.65. The Bertz CT molecular complexity index is 799. The van der Waals surface area contributed by atoms with Crippen LogP contribution in [0.5, 0.6) is 11.5 Å². The van der Waals surface area contributed by atoms with Crippen molar-refractivity contribution >= 4 is 27.0 Å². The van der Waals surface area contributed by atoms with E-state index in [2.05, 4.69) is 31.2 Å². The number of halogens is 1. The lowest BCUT2D eigenvalue weighted by atomic mass is 10.2. The van der Waals surface area contributed by atoms with E-state index in [1.54, 1.807) is 7.11 Å². The molecule has 3 rings (SSSR count). The molecule has 1 aromatic heterocycles. The van der Waals surface area contributed by atoms with Gasteiger partial charge in [-0.15, -0.1) is 0 Å². The number of fused-ring (bicyclic) bond motifs is 1. The SMILES string of the molecule is CCOc1c(Br)cc(CNCc2nc3ccccc3[nH]2)cc1OC. The smallest absolute Gasteiger partial charge is 0.175 e. The van der Waals surface area contributed by atoms with E-state index in [-0.39, 0.29) is 0 Å². The summed E-state index contributed by atoms with van der Waals surface area (Å²) in [6.45, 7) is 3.92. The average molecular weight is 390 g/mol. The number of nitrogens with zero attached hydrogens (tertiary/aromatic N) is 1. The lowest BCUT2D eigenvalue weighted by Crippen LogP contribution is -2.14. The van der Waals surface area contributed by atoms with Crippen LogP contribution in [0.15, 0.2) is 40.9 Å². The van der Waals surface area contributed by atoms with Crippen LogP contribution in [0.25, 0.3) is 11.0 Å². The molecule has 0 amide bonds. The minimum absolute atomic E-state index is 0.596. The van der Waals surface area contributed by atoms with Crippen LogP contribution in [0.3, 0.4) is 0 Å². The number of nitrogens with one attached hydrogen (secondary N) is 2. The molecule has 0 unspecified atom stereocenters. The highest BCUT2D eigenvalue weighted by Gasteiger charge is 2.11. The molecule has 2 N–H and O–H groups in total. The predicted molar refractivity (Wildman–Crippen MR) is 98.5 cm³/mol. The number of rotatable bonds is 7. The van der Waals surface area contributed by atoms with E-state index in [4.69, 9.17) is 9.47 Å². The Morgan fingerprint density at radius 2 is 2.04 bits per heavy atom. The average Bonchev–Trinajstić information content (AvgIpc) is 2.99. The van der Waals surface area contributed by atoms with Crippen molar-refractivity contribution in [2.45, 2.75) is 20.0 Å². The molecule has 0 aliphatic heterocycles. The summed E-state index contributed by atoms with van der Waals surface area (Å²) in [4.78, 5) is 7.88. The number of hydrogen-bond donors (Lipinski definition) is 2. The fraction of sp³-hybridized carbons (Fsp3) is 0.278. The molecule has 6 heteroatoms. The van der Waals surface area contributed by atoms with Gasteiger partial charge in [0.25, 0.3) is 0 Å². The highest BCUT2D eigenvalue weighted by Crippen LogP contribution is 2.36. The van der Waals surface area contributed by atoms with Crippen LogP contribution in [0.2, 0.25) is 0 Å². The second-order valence-electron chi connectivity index (χ2n) is 5.35. The molecule has 0 aliphatic rings. The van der Waals surface area contributed by atoms with Gasteiger partial charge in [0.2, 0.25) is 0 Å². The normalized spacial score (nSPS) is 11.0. The summed E-state index contributed by atoms with van der Waals surface area (Å²) in [5.74, 6) is 2.39. The molecule has 0 aliphatic carbocycles. The first-order chi connectivity index (χ1) is 11.7. The summed E-state index contributed by atoms with van der Waals surface area (Å²) in [5, 5.41) is 3.40. The standard InChI is InChI=1S/C18H20BrN3O2/c1-3-24-18-13(19)8-12(9-16(18)23-2)10-20-11-17-21-14-6-4-5-7-15(14)22-17/h4-9,20H,3,10-11H2,1-2H3,(H,21,22). The fourth-order valence-corrected chi connectivity index (χ4v) is 3.18. The maximum absolute atomic E-state index is 5.61. The lowest BCUT2D eigenvalue weighted by molar-refractivity contribution is 0.308. The number of para-hydroxylation sites is 2. The molecule has 0 atom stereocenters. The maximum Gasteiger partial charge on any atom is 0.175 e. The zero-order chi connectivity index (χ0) is 16.9. The Kier molecular flexibility index (Phi) is 5.37. The third kappa shape index (κ3) is 3.71. The van der Waals surface area contributed by atoms with Crippen molar-refractivity contribution in [3.63, 3.8) is 0 Å². The van der Waals surface area contributed by atoms with E-state index in [1.807, 2.05) is 43.3 Å². The molecular formula is C18H20BrN3O2. The van der Waals surface area contributed by atoms with Crippen molar-refractivity contribution in [3.05, 3.63) is 52.3 Å². The van der Waals surface area contributed by atoms with Gasteiger partial charge in [0.05, 0.1) is 35.8 Å². The number of H-pyrrole nitrogens is 1. The predicted octanol–water partition coefficient (Wildman–Crippen LogP) is 4.02. The molecule has 0 spiro atoms. The molecule has 126 valence electrons. The molecular weight excluding hydrogens is 370 g/mol. The quantitative estimate of drug-likeness (QED) is 0.640. The van der Waals surface area contributed by atoms with Crippen molar-refractivity contribution in [1.82, 2.24) is 15.3 Å². The topological polar surface area (TPSA) is 59.2 Å². The highest BCUT2D eigenvalue weighted by atomic mass is 79.9. The van der Waals surface area contributed by atoms with Gasteiger partial charge in [-0.05, 0) is 52.7 Å². The second kappa shape index (κ2) is 7.68. The first-order valence-electron chi connectivity index (χ1n) is 7.84. The zero-order valence-corrected chi connectivity index (χ0v) is 15.3. The first-order valence-corrected chi connectivity index (χ1v) is 8.64. The number of benzene rings is 2. The molecule has 0 saturated heterocycles. The van der Waals surface area contributed by atoms with Gasteiger partial charge in [0.15, 0.2) is 11.5 Å². The molecule has 24 heavy (non-hydrogen) atoms. The number of ether oxygens (including phenoxy) is 2. The van der Waals surface area contributed by atoms with E-state index in [0.29, 0.717) is 19.7 Å². The molecule has 3 aromatic rings. The van der Waals surface area contributed by atoms with Crippen molar-refractivity contribution in [3.8, 4) is 11.5 Å². The van der Waals surface area contributed by atoms with Crippen molar-refractivity contribution in [2.75, 3.05) is 13.7 Å². The van der Waals surface area contributed by atoms with Gasteiger partial charge in [-0.1, -0.05) is 12.1 Å². The molecule has 0 fully saturated rings. The summed E-state index contributed by atoms with van der Waals surface area (Å²) >= 11 is 3.55. The van der Waals surface area contributed by atoms with Gasteiger partial charge in [-0.2, -0.15) is 0 Å². The van der Waals surface area contributed by atoms with Crippen LogP contribution >= 0.6 is 15.9 Å². The van der Waals surface area contributed by atoms with Gasteiger partial charge in [0, 0.05) is 6.54 Å². The first kappa shape index (κ1) is 16.8. The highest BCUT2D eigenvalue weighted by molar-refractivity contribution is 9.10. The van der Waals surface area contributed by atoms with Crippen LogP contribution in [-0.4, -0.2) is 23.7 Å². The third-order valence-corrected chi connectivity index (χ3v) is 4.23. The van der Waals surface area contributed by atoms with Crippen LogP contribution in [-0.2, 0) is 13.1 Å². The van der Waals surface area contributed by atoms with E-state index in [9.17, 15) is 0 Å². The number of aromatic nitrogens is 2. The van der Waals surface area contributed by atoms with Gasteiger partial charge in [-0.3, -0.25) is 0 Å². The van der Waals surface area contributed by atoms with Crippen molar-refractivity contribution in [1.29, 1.82) is 0 Å². The molecule has 0 bridgehead atoms. The number of aromatic amines is 1. The number of hydrogen-bond acceptors (Lipinski definition) is 4. The van der Waals surface area contributed by atoms with Gasteiger partial charge in [0.1, 0.15) is 5.82 Å². The van der Waals surface area contributed by atoms with Gasteiger partial charge in [-0.25, -0.2) is 4.98 Å². The van der Waals surface area contributed by atoms with Crippen LogP contribution in [0.1, 0.15) is 18.3 Å². The second-order valence-corrected chi connectivity index (χ2v) is 6.20. The Labute approximate surface area is 149 Å². The van der Waals surface area contributed by atoms with Gasteiger partial charge < -0.3 is 19.8 Å². The maximum atomic E-state index is 5.61. The number of methoxy groups -OCH3 is 1. The molecule has 0 saturated carbocycles. The Morgan fingerprint density at radius 3 is 2.79 bits per heavy atom. The monoisotopic (exact) mass is 389 g/mol. The van der Waals surface area contributed by atoms with Crippen LogP contribution in [0.4, 0.5) is 0 Å². The summed E-state index contributed by atoms with van der Waals surface area (Å²) in [6.07, 6.45) is 0. The zero-order valence-electron chi connectivity index (χ0n) is 13.7. The largest absolute Gasteiger partial charge is 0.493 e. The Morgan fingerprint density at radius 1 is 1.21 bits per heavy atom. The molecule has 2 aromatic carbocycles. The van der Waals surface area contributed by atoms with Crippen LogP contribution in [0, 0.1) is 0 Å².